The Morgan fingerprint density at radius 3 is 2.96 bits per heavy atom. The van der Waals surface area contributed by atoms with Crippen LogP contribution >= 0.6 is 11.6 Å². The van der Waals surface area contributed by atoms with Crippen LogP contribution in [0.25, 0.3) is 0 Å². The molecule has 0 aromatic heterocycles. The second kappa shape index (κ2) is 6.26. The molecule has 2 aromatic rings. The second-order valence-electron chi connectivity index (χ2n) is 7.24. The molecule has 0 spiro atoms. The van der Waals surface area contributed by atoms with Crippen LogP contribution in [0.15, 0.2) is 36.4 Å². The first kappa shape index (κ1) is 17.1. The van der Waals surface area contributed by atoms with Gasteiger partial charge in [-0.15, -0.1) is 0 Å². The van der Waals surface area contributed by atoms with Crippen molar-refractivity contribution in [1.29, 1.82) is 0 Å². The molecule has 3 atom stereocenters. The molecule has 0 bridgehead atoms. The fraction of sp³-hybridized carbons (Fsp3) is 0.400. The van der Waals surface area contributed by atoms with E-state index in [2.05, 4.69) is 10.2 Å². The van der Waals surface area contributed by atoms with Crippen LogP contribution in [0.5, 0.6) is 11.5 Å². The number of hydrogen-bond donors (Lipinski definition) is 1. The van der Waals surface area contributed by atoms with E-state index in [-0.39, 0.29) is 6.04 Å². The standard InChI is InChI=1S/C20H20ClFN2O3/c1-20(13-6-5-12(21)9-14(13)22)26-18-4-2-3-16(19(18)27-20)24-8-7-23-15-10-25-11-17(15)24/h2-6,9,15,17,23H,7-8,10-11H2,1H3. The van der Waals surface area contributed by atoms with E-state index in [0.29, 0.717) is 41.3 Å². The van der Waals surface area contributed by atoms with E-state index in [4.69, 9.17) is 25.8 Å². The summed E-state index contributed by atoms with van der Waals surface area (Å²) in [5.74, 6) is -0.446. The van der Waals surface area contributed by atoms with Crippen LogP contribution in [0, 0.1) is 5.82 Å². The Morgan fingerprint density at radius 2 is 2.11 bits per heavy atom. The minimum Gasteiger partial charge on any atom is -0.444 e. The number of benzene rings is 2. The van der Waals surface area contributed by atoms with Gasteiger partial charge in [0.25, 0.3) is 5.79 Å². The van der Waals surface area contributed by atoms with Crippen molar-refractivity contribution in [2.45, 2.75) is 24.8 Å². The van der Waals surface area contributed by atoms with Crippen molar-refractivity contribution in [1.82, 2.24) is 5.32 Å². The predicted octanol–water partition coefficient (Wildman–Crippen LogP) is 3.30. The first-order valence-electron chi connectivity index (χ1n) is 9.09. The summed E-state index contributed by atoms with van der Waals surface area (Å²) < 4.78 is 32.5. The molecule has 2 saturated heterocycles. The minimum absolute atomic E-state index is 0.243. The number of halogens is 2. The molecule has 5 nitrogen and oxygen atoms in total. The highest BCUT2D eigenvalue weighted by atomic mass is 35.5. The van der Waals surface area contributed by atoms with E-state index in [9.17, 15) is 4.39 Å². The number of fused-ring (bicyclic) bond motifs is 2. The molecule has 3 heterocycles. The van der Waals surface area contributed by atoms with Crippen LogP contribution < -0.4 is 19.7 Å². The highest BCUT2D eigenvalue weighted by molar-refractivity contribution is 6.30. The summed E-state index contributed by atoms with van der Waals surface area (Å²) in [5.41, 5.74) is 1.27. The van der Waals surface area contributed by atoms with E-state index in [1.54, 1.807) is 19.1 Å². The molecule has 2 aromatic carbocycles. The Morgan fingerprint density at radius 1 is 1.22 bits per heavy atom. The fourth-order valence-corrected chi connectivity index (χ4v) is 4.35. The zero-order chi connectivity index (χ0) is 18.6. The van der Waals surface area contributed by atoms with E-state index in [1.165, 1.54) is 6.07 Å². The molecular formula is C20H20ClFN2O3. The van der Waals surface area contributed by atoms with E-state index in [1.807, 2.05) is 18.2 Å². The molecule has 3 aliphatic rings. The van der Waals surface area contributed by atoms with Crippen molar-refractivity contribution < 1.29 is 18.6 Å². The molecule has 0 amide bonds. The third-order valence-corrected chi connectivity index (χ3v) is 5.73. The molecule has 0 radical (unpaired) electrons. The van der Waals surface area contributed by atoms with Gasteiger partial charge in [0.05, 0.1) is 36.5 Å². The van der Waals surface area contributed by atoms with Crippen LogP contribution in [-0.4, -0.2) is 38.4 Å². The van der Waals surface area contributed by atoms with Gasteiger partial charge in [-0.25, -0.2) is 4.39 Å². The van der Waals surface area contributed by atoms with E-state index in [0.717, 1.165) is 18.8 Å². The van der Waals surface area contributed by atoms with Gasteiger partial charge < -0.3 is 24.4 Å². The van der Waals surface area contributed by atoms with Crippen LogP contribution in [0.1, 0.15) is 12.5 Å². The summed E-state index contributed by atoms with van der Waals surface area (Å²) in [5, 5.41) is 3.84. The highest BCUT2D eigenvalue weighted by Crippen LogP contribution is 2.50. The van der Waals surface area contributed by atoms with Crippen LogP contribution in [0.4, 0.5) is 10.1 Å². The van der Waals surface area contributed by atoms with Crippen molar-refractivity contribution >= 4 is 17.3 Å². The maximum Gasteiger partial charge on any atom is 0.278 e. The van der Waals surface area contributed by atoms with Crippen LogP contribution in [0.3, 0.4) is 0 Å². The average Bonchev–Trinajstić information content (AvgIpc) is 3.24. The molecule has 1 N–H and O–H groups in total. The second-order valence-corrected chi connectivity index (χ2v) is 7.67. The van der Waals surface area contributed by atoms with Crippen molar-refractivity contribution in [3.8, 4) is 11.5 Å². The topological polar surface area (TPSA) is 43.0 Å². The maximum atomic E-state index is 14.5. The number of anilines is 1. The van der Waals surface area contributed by atoms with Crippen molar-refractivity contribution in [3.05, 3.63) is 52.8 Å². The van der Waals surface area contributed by atoms with Gasteiger partial charge in [0, 0.05) is 25.0 Å². The average molecular weight is 391 g/mol. The minimum atomic E-state index is -1.24. The summed E-state index contributed by atoms with van der Waals surface area (Å²) in [6.45, 7) is 4.82. The lowest BCUT2D eigenvalue weighted by Crippen LogP contribution is -2.57. The number of piperazine rings is 1. The van der Waals surface area contributed by atoms with Gasteiger partial charge in [0.2, 0.25) is 0 Å². The van der Waals surface area contributed by atoms with Gasteiger partial charge in [-0.05, 0) is 30.3 Å². The van der Waals surface area contributed by atoms with Crippen LogP contribution in [-0.2, 0) is 10.5 Å². The number of nitrogens with one attached hydrogen (secondary N) is 1. The lowest BCUT2D eigenvalue weighted by molar-refractivity contribution is -0.0705. The van der Waals surface area contributed by atoms with Crippen molar-refractivity contribution in [2.24, 2.45) is 0 Å². The summed E-state index contributed by atoms with van der Waals surface area (Å²) >= 11 is 5.89. The highest BCUT2D eigenvalue weighted by Gasteiger charge is 2.44. The zero-order valence-corrected chi connectivity index (χ0v) is 15.6. The molecule has 3 aliphatic heterocycles. The van der Waals surface area contributed by atoms with Crippen molar-refractivity contribution in [2.75, 3.05) is 31.2 Å². The largest absolute Gasteiger partial charge is 0.444 e. The first-order chi connectivity index (χ1) is 13.0. The maximum absolute atomic E-state index is 14.5. The molecule has 3 unspecified atom stereocenters. The van der Waals surface area contributed by atoms with Gasteiger partial charge in [0.15, 0.2) is 11.5 Å². The summed E-state index contributed by atoms with van der Waals surface area (Å²) in [4.78, 5) is 2.31. The number of rotatable bonds is 2. The Bertz CT molecular complexity index is 896. The summed E-state index contributed by atoms with van der Waals surface area (Å²) in [6, 6.07) is 10.9. The molecule has 142 valence electrons. The molecular weight excluding hydrogens is 371 g/mol. The predicted molar refractivity (Wildman–Crippen MR) is 100 cm³/mol. The normalized spacial score (nSPS) is 29.1. The van der Waals surface area contributed by atoms with Crippen molar-refractivity contribution in [3.63, 3.8) is 0 Å². The number of hydrogen-bond acceptors (Lipinski definition) is 5. The van der Waals surface area contributed by atoms with Gasteiger partial charge in [-0.1, -0.05) is 17.7 Å². The Kier molecular flexibility index (Phi) is 3.96. The van der Waals surface area contributed by atoms with E-state index >= 15 is 0 Å². The van der Waals surface area contributed by atoms with E-state index < -0.39 is 11.6 Å². The van der Waals surface area contributed by atoms with Gasteiger partial charge in [-0.2, -0.15) is 0 Å². The summed E-state index contributed by atoms with van der Waals surface area (Å²) in [6.07, 6.45) is 0. The quantitative estimate of drug-likeness (QED) is 0.852. The fourth-order valence-electron chi connectivity index (χ4n) is 4.19. The number of para-hydroxylation sites is 1. The third kappa shape index (κ3) is 2.74. The molecule has 5 rings (SSSR count). The Hall–Kier alpha value is -2.02. The SMILES string of the molecule is CC1(c2ccc(Cl)cc2F)Oc2cccc(N3CCNC4COCC43)c2O1. The first-order valence-corrected chi connectivity index (χ1v) is 9.47. The van der Waals surface area contributed by atoms with Crippen LogP contribution in [0.2, 0.25) is 5.02 Å². The van der Waals surface area contributed by atoms with Gasteiger partial charge in [0.1, 0.15) is 5.82 Å². The lowest BCUT2D eigenvalue weighted by Gasteiger charge is -2.39. The lowest BCUT2D eigenvalue weighted by atomic mass is 10.1. The Balaban J connectivity index is 1.52. The number of nitrogens with zero attached hydrogens (tertiary/aromatic N) is 1. The molecule has 0 aliphatic carbocycles. The van der Waals surface area contributed by atoms with Gasteiger partial charge >= 0.3 is 0 Å². The molecule has 0 saturated carbocycles. The molecule has 2 fully saturated rings. The smallest absolute Gasteiger partial charge is 0.278 e. The monoisotopic (exact) mass is 390 g/mol. The summed E-state index contributed by atoms with van der Waals surface area (Å²) in [7, 11) is 0. The zero-order valence-electron chi connectivity index (χ0n) is 14.9. The Labute approximate surface area is 162 Å². The number of ether oxygens (including phenoxy) is 3. The molecule has 27 heavy (non-hydrogen) atoms. The third-order valence-electron chi connectivity index (χ3n) is 5.50. The molecule has 7 heteroatoms. The van der Waals surface area contributed by atoms with Gasteiger partial charge in [-0.3, -0.25) is 0 Å².